The summed E-state index contributed by atoms with van der Waals surface area (Å²) in [7, 11) is 0. The number of aliphatic hydroxyl groups excluding tert-OH is 9. The monoisotopic (exact) mass is 780 g/mol. The molecule has 0 aromatic rings. The smallest absolute Gasteiger partial charge is 0.187 e. The average molecular weight is 781 g/mol. The Morgan fingerprint density at radius 1 is 0.691 bits per heavy atom. The molecule has 6 fully saturated rings. The van der Waals surface area contributed by atoms with E-state index in [1.54, 1.807) is 6.92 Å². The van der Waals surface area contributed by atoms with Crippen LogP contribution in [0.5, 0.6) is 0 Å². The zero-order valence-corrected chi connectivity index (χ0v) is 33.7. The van der Waals surface area contributed by atoms with Gasteiger partial charge in [-0.25, -0.2) is 0 Å². The van der Waals surface area contributed by atoms with Gasteiger partial charge in [-0.1, -0.05) is 64.8 Å². The second-order valence-electron chi connectivity index (χ2n) is 20.2. The van der Waals surface area contributed by atoms with Crippen LogP contribution in [0, 0.1) is 44.3 Å². The van der Waals surface area contributed by atoms with Gasteiger partial charge in [-0.05, 0) is 86.4 Å². The summed E-state index contributed by atoms with van der Waals surface area (Å²) in [4.78, 5) is 0. The van der Waals surface area contributed by atoms with Crippen molar-refractivity contribution in [3.05, 3.63) is 23.3 Å². The van der Waals surface area contributed by atoms with E-state index in [4.69, 9.17) is 18.9 Å². The Balaban J connectivity index is 1.15. The zero-order valence-electron chi connectivity index (χ0n) is 33.7. The van der Waals surface area contributed by atoms with Crippen molar-refractivity contribution in [3.8, 4) is 0 Å². The second kappa shape index (κ2) is 14.3. The van der Waals surface area contributed by atoms with Crippen molar-refractivity contribution in [2.45, 2.75) is 173 Å². The van der Waals surface area contributed by atoms with Crippen molar-refractivity contribution in [1.29, 1.82) is 0 Å². The molecule has 7 rings (SSSR count). The zero-order chi connectivity index (χ0) is 40.3. The standard InChI is InChI=1S/C42H68O13/c1-21-29(47)34(55-35-32(50)31(49)30(48)24(18-43)53-35)33(51)36(52-21)54-28-11-12-38(4)25(39(28,5)19-44)10-13-40(6)26(38)9-8-22-23-16-37(2,3)14-15-42(23,20-45)27(46)17-41(22,40)7/h8-9,21,23-25,27-36,43-51H,10-20H2,1-7H3/t21-,23+,24-,25-,27-,28+,29+,30-,31+,32-,33-,34+,35+,36+,38+,39+,40-,41-,42-/m1/s1. The summed E-state index contributed by atoms with van der Waals surface area (Å²) in [5, 5.41) is 97.6. The molecule has 0 aromatic carbocycles. The maximum Gasteiger partial charge on any atom is 0.187 e. The molecule has 0 spiro atoms. The lowest BCUT2D eigenvalue weighted by molar-refractivity contribution is -0.366. The highest BCUT2D eigenvalue weighted by Crippen LogP contribution is 2.74. The Bertz CT molecular complexity index is 1500. The van der Waals surface area contributed by atoms with Crippen molar-refractivity contribution in [1.82, 2.24) is 0 Å². The first kappa shape index (κ1) is 42.1. The average Bonchev–Trinajstić information content (AvgIpc) is 3.13. The number of fused-ring (bicyclic) bond motifs is 7. The molecule has 0 amide bonds. The molecule has 13 heteroatoms. The van der Waals surface area contributed by atoms with Crippen molar-refractivity contribution in [2.24, 2.45) is 44.3 Å². The predicted octanol–water partition coefficient (Wildman–Crippen LogP) is 1.68. The van der Waals surface area contributed by atoms with Crippen LogP contribution in [-0.2, 0) is 18.9 Å². The molecule has 19 atom stereocenters. The summed E-state index contributed by atoms with van der Waals surface area (Å²) < 4.78 is 24.0. The highest BCUT2D eigenvalue weighted by Gasteiger charge is 2.69. The van der Waals surface area contributed by atoms with Gasteiger partial charge in [0, 0.05) is 16.2 Å². The van der Waals surface area contributed by atoms with Crippen molar-refractivity contribution >= 4 is 0 Å². The molecule has 13 nitrogen and oxygen atoms in total. The van der Waals surface area contributed by atoms with Crippen molar-refractivity contribution < 1.29 is 64.9 Å². The van der Waals surface area contributed by atoms with Crippen LogP contribution in [0.1, 0.15) is 99.8 Å². The van der Waals surface area contributed by atoms with Crippen LogP contribution in [0.25, 0.3) is 0 Å². The molecule has 0 bridgehead atoms. The van der Waals surface area contributed by atoms with Gasteiger partial charge in [0.25, 0.3) is 0 Å². The van der Waals surface area contributed by atoms with E-state index in [1.807, 2.05) is 6.92 Å². The number of hydrogen-bond acceptors (Lipinski definition) is 13. The van der Waals surface area contributed by atoms with E-state index in [1.165, 1.54) is 11.1 Å². The topological polar surface area (TPSA) is 219 Å². The number of aliphatic hydroxyl groups is 9. The van der Waals surface area contributed by atoms with Gasteiger partial charge < -0.3 is 64.9 Å². The van der Waals surface area contributed by atoms with E-state index in [2.05, 4.69) is 46.8 Å². The predicted molar refractivity (Wildman–Crippen MR) is 199 cm³/mol. The molecule has 0 unspecified atom stereocenters. The minimum Gasteiger partial charge on any atom is -0.396 e. The molecule has 4 saturated carbocycles. The first-order valence-electron chi connectivity index (χ1n) is 20.6. The maximum atomic E-state index is 12.0. The fourth-order valence-corrected chi connectivity index (χ4v) is 13.0. The summed E-state index contributed by atoms with van der Waals surface area (Å²) >= 11 is 0. The summed E-state index contributed by atoms with van der Waals surface area (Å²) in [6.45, 7) is 14.4. The van der Waals surface area contributed by atoms with E-state index >= 15 is 0 Å². The molecule has 9 N–H and O–H groups in total. The fraction of sp³-hybridized carbons (Fsp3) is 0.905. The fourth-order valence-electron chi connectivity index (χ4n) is 13.0. The van der Waals surface area contributed by atoms with Crippen LogP contribution in [0.15, 0.2) is 23.3 Å². The maximum absolute atomic E-state index is 12.0. The van der Waals surface area contributed by atoms with Crippen LogP contribution < -0.4 is 0 Å². The minimum absolute atomic E-state index is 0.00908. The minimum atomic E-state index is -1.73. The second-order valence-corrected chi connectivity index (χ2v) is 20.2. The first-order chi connectivity index (χ1) is 25.7. The Morgan fingerprint density at radius 2 is 1.38 bits per heavy atom. The van der Waals surface area contributed by atoms with E-state index in [0.717, 1.165) is 38.5 Å². The lowest BCUT2D eigenvalue weighted by Gasteiger charge is -2.69. The van der Waals surface area contributed by atoms with Crippen LogP contribution in [0.2, 0.25) is 0 Å². The highest BCUT2D eigenvalue weighted by molar-refractivity contribution is 5.46. The van der Waals surface area contributed by atoms with E-state index < -0.39 is 91.1 Å². The normalized spacial score (nSPS) is 54.9. The molecular formula is C42H68O13. The lowest BCUT2D eigenvalue weighted by atomic mass is 9.35. The van der Waals surface area contributed by atoms with Crippen LogP contribution in [-0.4, -0.2) is 139 Å². The molecular weight excluding hydrogens is 712 g/mol. The van der Waals surface area contributed by atoms with E-state index in [9.17, 15) is 46.0 Å². The first-order valence-corrected chi connectivity index (χ1v) is 20.6. The summed E-state index contributed by atoms with van der Waals surface area (Å²) in [6.07, 6.45) is -4.66. The molecule has 2 saturated heterocycles. The van der Waals surface area contributed by atoms with Crippen LogP contribution in [0.4, 0.5) is 0 Å². The third-order valence-corrected chi connectivity index (χ3v) is 16.9. The SMILES string of the molecule is C[C@H]1O[C@@H](O[C@H]2CC[C@]3(C)C4=CC=C5[C@@H]6CC(C)(C)CC[C@]6(CO)[C@H](O)C[C@@]5(C)[C@]4(C)CC[C@H]3[C@]2(C)CO)[C@H](O)[C@@H](O[C@@H]2O[C@H](CO)[C@@H](O)[C@H](O)[C@H]2O)[C@H]1O. The Labute approximate surface area is 325 Å². The van der Waals surface area contributed by atoms with Gasteiger partial charge in [0.1, 0.15) is 42.7 Å². The molecule has 5 aliphatic carbocycles. The number of hydrogen-bond donors (Lipinski definition) is 9. The van der Waals surface area contributed by atoms with Gasteiger partial charge in [0.2, 0.25) is 0 Å². The molecule has 55 heavy (non-hydrogen) atoms. The van der Waals surface area contributed by atoms with Crippen molar-refractivity contribution in [3.63, 3.8) is 0 Å². The number of allylic oxidation sites excluding steroid dienone is 4. The summed E-state index contributed by atoms with van der Waals surface area (Å²) in [5.41, 5.74) is 0.594. The Morgan fingerprint density at radius 3 is 2.04 bits per heavy atom. The van der Waals surface area contributed by atoms with Gasteiger partial charge in [0.05, 0.1) is 38.1 Å². The molecule has 2 aliphatic heterocycles. The largest absolute Gasteiger partial charge is 0.396 e. The lowest BCUT2D eigenvalue weighted by Crippen LogP contribution is -2.66. The molecule has 0 aromatic heterocycles. The molecule has 2 heterocycles. The van der Waals surface area contributed by atoms with Gasteiger partial charge in [0.15, 0.2) is 12.6 Å². The third-order valence-electron chi connectivity index (χ3n) is 16.9. The van der Waals surface area contributed by atoms with Crippen LogP contribution >= 0.6 is 0 Å². The van der Waals surface area contributed by atoms with Gasteiger partial charge in [-0.2, -0.15) is 0 Å². The summed E-state index contributed by atoms with van der Waals surface area (Å²) in [5.74, 6) is 0.0727. The summed E-state index contributed by atoms with van der Waals surface area (Å²) in [6, 6.07) is 0. The Hall–Kier alpha value is -1.04. The molecule has 0 radical (unpaired) electrons. The van der Waals surface area contributed by atoms with E-state index in [-0.39, 0.29) is 46.7 Å². The molecule has 314 valence electrons. The van der Waals surface area contributed by atoms with Gasteiger partial charge in [-0.3, -0.25) is 0 Å². The van der Waals surface area contributed by atoms with E-state index in [0.29, 0.717) is 12.8 Å². The van der Waals surface area contributed by atoms with Gasteiger partial charge in [-0.15, -0.1) is 0 Å². The third kappa shape index (κ3) is 6.12. The number of ether oxygens (including phenoxy) is 4. The van der Waals surface area contributed by atoms with Gasteiger partial charge >= 0.3 is 0 Å². The van der Waals surface area contributed by atoms with Crippen LogP contribution in [0.3, 0.4) is 0 Å². The highest BCUT2D eigenvalue weighted by atomic mass is 16.7. The van der Waals surface area contributed by atoms with Crippen molar-refractivity contribution in [2.75, 3.05) is 19.8 Å². The number of rotatable bonds is 7. The molecule has 7 aliphatic rings. The quantitative estimate of drug-likeness (QED) is 0.168. The Kier molecular flexibility index (Phi) is 11.0.